The number of rotatable bonds is 5. The molecule has 21 heavy (non-hydrogen) atoms. The molecule has 0 saturated heterocycles. The van der Waals surface area contributed by atoms with Gasteiger partial charge < -0.3 is 10.5 Å². The van der Waals surface area contributed by atoms with Gasteiger partial charge in [-0.05, 0) is 24.1 Å². The van der Waals surface area contributed by atoms with Gasteiger partial charge in [-0.3, -0.25) is 4.79 Å². The van der Waals surface area contributed by atoms with Crippen LogP contribution >= 0.6 is 24.0 Å². The molecule has 0 aliphatic carbocycles. The third-order valence-electron chi connectivity index (χ3n) is 2.96. The van der Waals surface area contributed by atoms with E-state index in [0.717, 1.165) is 5.56 Å². The van der Waals surface area contributed by atoms with Crippen LogP contribution < -0.4 is 10.5 Å². The summed E-state index contributed by atoms with van der Waals surface area (Å²) in [5, 5.41) is 0.614. The molecule has 1 aromatic carbocycles. The van der Waals surface area contributed by atoms with Gasteiger partial charge in [0.25, 0.3) is 0 Å². The van der Waals surface area contributed by atoms with Crippen molar-refractivity contribution in [3.8, 4) is 5.88 Å². The first-order valence-corrected chi connectivity index (χ1v) is 6.53. The molecule has 0 amide bonds. The Morgan fingerprint density at radius 2 is 2.05 bits per heavy atom. The van der Waals surface area contributed by atoms with Gasteiger partial charge in [-0.25, -0.2) is 4.98 Å². The number of nitrogens with zero attached hydrogens (tertiary/aromatic N) is 1. The monoisotopic (exact) mass is 326 g/mol. The average molecular weight is 327 g/mol. The standard InChI is InChI=1S/C15H15ClN2O2.ClH/c1-20-14-7-6-11(9-18-14)15(19)13(17)8-10-4-2-3-5-12(10)16;/h2-7,9,13H,8,17H2,1H3;1H. The van der Waals surface area contributed by atoms with Crippen molar-refractivity contribution in [1.82, 2.24) is 4.98 Å². The lowest BCUT2D eigenvalue weighted by Crippen LogP contribution is -2.32. The number of aromatic nitrogens is 1. The molecule has 4 nitrogen and oxygen atoms in total. The Balaban J connectivity index is 0.00000220. The summed E-state index contributed by atoms with van der Waals surface area (Å²) in [4.78, 5) is 16.2. The molecule has 0 aliphatic rings. The molecule has 1 atom stereocenters. The van der Waals surface area contributed by atoms with Crippen molar-refractivity contribution >= 4 is 29.8 Å². The summed E-state index contributed by atoms with van der Waals surface area (Å²) < 4.78 is 4.95. The number of pyridine rings is 1. The van der Waals surface area contributed by atoms with E-state index < -0.39 is 6.04 Å². The highest BCUT2D eigenvalue weighted by Crippen LogP contribution is 2.17. The molecular weight excluding hydrogens is 311 g/mol. The number of nitrogens with two attached hydrogens (primary N) is 1. The zero-order valence-corrected chi connectivity index (χ0v) is 13.0. The van der Waals surface area contributed by atoms with E-state index in [1.807, 2.05) is 18.2 Å². The van der Waals surface area contributed by atoms with Gasteiger partial charge in [-0.2, -0.15) is 0 Å². The number of hydrogen-bond donors (Lipinski definition) is 1. The lowest BCUT2D eigenvalue weighted by Gasteiger charge is -2.12. The zero-order valence-electron chi connectivity index (χ0n) is 11.5. The Morgan fingerprint density at radius 1 is 1.33 bits per heavy atom. The number of benzene rings is 1. The summed E-state index contributed by atoms with van der Waals surface area (Å²) in [5.41, 5.74) is 7.27. The molecule has 0 radical (unpaired) electrons. The first-order chi connectivity index (χ1) is 9.61. The van der Waals surface area contributed by atoms with Crippen molar-refractivity contribution in [2.75, 3.05) is 7.11 Å². The van der Waals surface area contributed by atoms with E-state index >= 15 is 0 Å². The van der Waals surface area contributed by atoms with Crippen LogP contribution in [-0.4, -0.2) is 23.9 Å². The van der Waals surface area contributed by atoms with Gasteiger partial charge in [0.2, 0.25) is 5.88 Å². The Labute approximate surface area is 134 Å². The Morgan fingerprint density at radius 3 is 2.62 bits per heavy atom. The highest BCUT2D eigenvalue weighted by molar-refractivity contribution is 6.31. The lowest BCUT2D eigenvalue weighted by molar-refractivity contribution is 0.0960. The number of ketones is 1. The van der Waals surface area contributed by atoms with E-state index in [2.05, 4.69) is 4.98 Å². The van der Waals surface area contributed by atoms with Crippen LogP contribution in [0.1, 0.15) is 15.9 Å². The lowest BCUT2D eigenvalue weighted by atomic mass is 9.99. The summed E-state index contributed by atoms with van der Waals surface area (Å²) in [6.45, 7) is 0. The fraction of sp³-hybridized carbons (Fsp3) is 0.200. The number of halogens is 2. The van der Waals surface area contributed by atoms with Crippen molar-refractivity contribution in [2.24, 2.45) is 5.73 Å². The molecule has 1 heterocycles. The number of carbonyl (C=O) groups excluding carboxylic acids is 1. The minimum Gasteiger partial charge on any atom is -0.481 e. The maximum absolute atomic E-state index is 12.2. The second-order valence-electron chi connectivity index (χ2n) is 4.36. The van der Waals surface area contributed by atoms with E-state index in [-0.39, 0.29) is 18.2 Å². The summed E-state index contributed by atoms with van der Waals surface area (Å²) in [6, 6.07) is 9.99. The first kappa shape index (κ1) is 17.4. The number of ether oxygens (including phenoxy) is 1. The highest BCUT2D eigenvalue weighted by atomic mass is 35.5. The van der Waals surface area contributed by atoms with Crippen molar-refractivity contribution in [2.45, 2.75) is 12.5 Å². The predicted octanol–water partition coefficient (Wildman–Crippen LogP) is 2.92. The fourth-order valence-corrected chi connectivity index (χ4v) is 2.07. The zero-order chi connectivity index (χ0) is 14.5. The molecule has 2 rings (SSSR count). The van der Waals surface area contributed by atoms with Crippen LogP contribution in [0.5, 0.6) is 5.88 Å². The molecule has 0 fully saturated rings. The van der Waals surface area contributed by atoms with Crippen molar-refractivity contribution in [3.05, 3.63) is 58.7 Å². The molecule has 2 N–H and O–H groups in total. The van der Waals surface area contributed by atoms with Crippen LogP contribution in [0.4, 0.5) is 0 Å². The van der Waals surface area contributed by atoms with Crippen molar-refractivity contribution < 1.29 is 9.53 Å². The minimum absolute atomic E-state index is 0. The molecular formula is C15H16Cl2N2O2. The maximum Gasteiger partial charge on any atom is 0.212 e. The van der Waals surface area contributed by atoms with Crippen LogP contribution in [0.2, 0.25) is 5.02 Å². The molecule has 1 aromatic heterocycles. The van der Waals surface area contributed by atoms with Crippen LogP contribution in [0, 0.1) is 0 Å². The molecule has 0 saturated carbocycles. The SMILES string of the molecule is COc1ccc(C(=O)C(N)Cc2ccccc2Cl)cn1.Cl. The van der Waals surface area contributed by atoms with Gasteiger partial charge in [0.15, 0.2) is 5.78 Å². The summed E-state index contributed by atoms with van der Waals surface area (Å²) in [5.74, 6) is 0.293. The maximum atomic E-state index is 12.2. The number of hydrogen-bond acceptors (Lipinski definition) is 4. The van der Waals surface area contributed by atoms with Crippen LogP contribution in [-0.2, 0) is 6.42 Å². The van der Waals surface area contributed by atoms with Gasteiger partial charge in [0, 0.05) is 22.8 Å². The van der Waals surface area contributed by atoms with Crippen molar-refractivity contribution in [3.63, 3.8) is 0 Å². The normalized spacial score (nSPS) is 11.4. The van der Waals surface area contributed by atoms with Crippen LogP contribution in [0.3, 0.4) is 0 Å². The van der Waals surface area contributed by atoms with Gasteiger partial charge in [-0.1, -0.05) is 29.8 Å². The first-order valence-electron chi connectivity index (χ1n) is 6.15. The second kappa shape index (κ2) is 7.98. The number of Topliss-reactive ketones (excluding diaryl/α,β-unsaturated/α-hetero) is 1. The van der Waals surface area contributed by atoms with Crippen molar-refractivity contribution in [1.29, 1.82) is 0 Å². The summed E-state index contributed by atoms with van der Waals surface area (Å²) in [7, 11) is 1.52. The second-order valence-corrected chi connectivity index (χ2v) is 4.76. The largest absolute Gasteiger partial charge is 0.481 e. The van der Waals surface area contributed by atoms with E-state index in [1.165, 1.54) is 13.3 Å². The highest BCUT2D eigenvalue weighted by Gasteiger charge is 2.17. The average Bonchev–Trinajstić information content (AvgIpc) is 2.49. The van der Waals surface area contributed by atoms with Gasteiger partial charge in [-0.15, -0.1) is 12.4 Å². The molecule has 6 heteroatoms. The Hall–Kier alpha value is -1.62. The third-order valence-corrected chi connectivity index (χ3v) is 3.33. The Kier molecular flexibility index (Phi) is 6.62. The molecule has 1 unspecified atom stereocenters. The molecule has 0 spiro atoms. The molecule has 0 aliphatic heterocycles. The quantitative estimate of drug-likeness (QED) is 0.858. The van der Waals surface area contributed by atoms with E-state index in [1.54, 1.807) is 18.2 Å². The summed E-state index contributed by atoms with van der Waals surface area (Å²) in [6.07, 6.45) is 1.86. The topological polar surface area (TPSA) is 65.2 Å². The smallest absolute Gasteiger partial charge is 0.212 e. The number of carbonyl (C=O) groups is 1. The molecule has 112 valence electrons. The van der Waals surface area contributed by atoms with Crippen LogP contribution in [0.25, 0.3) is 0 Å². The molecule has 2 aromatic rings. The predicted molar refractivity (Wildman–Crippen MR) is 85.5 cm³/mol. The van der Waals surface area contributed by atoms with Gasteiger partial charge in [0.05, 0.1) is 13.2 Å². The van der Waals surface area contributed by atoms with E-state index in [9.17, 15) is 4.79 Å². The van der Waals surface area contributed by atoms with Crippen LogP contribution in [0.15, 0.2) is 42.6 Å². The molecule has 0 bridgehead atoms. The fourth-order valence-electron chi connectivity index (χ4n) is 1.85. The third kappa shape index (κ3) is 4.43. The number of methoxy groups -OCH3 is 1. The van der Waals surface area contributed by atoms with E-state index in [0.29, 0.717) is 22.9 Å². The Bertz CT molecular complexity index is 603. The minimum atomic E-state index is -0.648. The van der Waals surface area contributed by atoms with Gasteiger partial charge >= 0.3 is 0 Å². The van der Waals surface area contributed by atoms with Gasteiger partial charge in [0.1, 0.15) is 0 Å². The summed E-state index contributed by atoms with van der Waals surface area (Å²) >= 11 is 6.06. The van der Waals surface area contributed by atoms with E-state index in [4.69, 9.17) is 22.1 Å².